The summed E-state index contributed by atoms with van der Waals surface area (Å²) < 4.78 is 16.4. The van der Waals surface area contributed by atoms with Gasteiger partial charge in [0.25, 0.3) is 0 Å². The second-order valence-electron chi connectivity index (χ2n) is 5.28. The predicted octanol–water partition coefficient (Wildman–Crippen LogP) is 2.10. The van der Waals surface area contributed by atoms with Crippen LogP contribution in [0.4, 0.5) is 0 Å². The Morgan fingerprint density at radius 1 is 1.32 bits per heavy atom. The van der Waals surface area contributed by atoms with Crippen molar-refractivity contribution in [3.8, 4) is 11.5 Å². The lowest BCUT2D eigenvalue weighted by molar-refractivity contribution is -0.0165. The van der Waals surface area contributed by atoms with Gasteiger partial charge in [0.2, 0.25) is 0 Å². The van der Waals surface area contributed by atoms with Crippen LogP contribution in [-0.2, 0) is 17.8 Å². The molecule has 0 aromatic heterocycles. The maximum Gasteiger partial charge on any atom is 0.189 e. The van der Waals surface area contributed by atoms with Crippen molar-refractivity contribution in [3.63, 3.8) is 0 Å². The summed E-state index contributed by atoms with van der Waals surface area (Å²) in [5.74, 6) is 2.66. The number of benzene rings is 1. The highest BCUT2D eigenvalue weighted by molar-refractivity contribution is 5.47. The highest BCUT2D eigenvalue weighted by Crippen LogP contribution is 2.34. The Balaban J connectivity index is 1.82. The molecule has 104 valence electrons. The number of piperidine rings is 1. The lowest BCUT2D eigenvalue weighted by Gasteiger charge is -2.25. The summed E-state index contributed by atoms with van der Waals surface area (Å²) in [6.45, 7) is 3.22. The summed E-state index contributed by atoms with van der Waals surface area (Å²) in [6.07, 6.45) is 3.55. The Morgan fingerprint density at radius 2 is 2.16 bits per heavy atom. The van der Waals surface area contributed by atoms with Crippen molar-refractivity contribution in [2.45, 2.75) is 25.9 Å². The van der Waals surface area contributed by atoms with Crippen molar-refractivity contribution < 1.29 is 14.2 Å². The lowest BCUT2D eigenvalue weighted by Crippen LogP contribution is -2.28. The Hall–Kier alpha value is -1.26. The van der Waals surface area contributed by atoms with Crippen LogP contribution in [0.25, 0.3) is 0 Å². The molecule has 0 saturated carbocycles. The first kappa shape index (κ1) is 12.8. The van der Waals surface area contributed by atoms with E-state index in [9.17, 15) is 0 Å². The molecule has 0 bridgehead atoms. The third-order valence-electron chi connectivity index (χ3n) is 3.99. The molecule has 1 aromatic carbocycles. The van der Waals surface area contributed by atoms with Crippen LogP contribution in [0.1, 0.15) is 24.0 Å². The first-order chi connectivity index (χ1) is 9.36. The Morgan fingerprint density at radius 3 is 2.95 bits per heavy atom. The van der Waals surface area contributed by atoms with E-state index in [-0.39, 0.29) is 0 Å². The van der Waals surface area contributed by atoms with Gasteiger partial charge in [0.05, 0.1) is 13.7 Å². The van der Waals surface area contributed by atoms with Crippen LogP contribution in [0, 0.1) is 5.92 Å². The van der Waals surface area contributed by atoms with Crippen LogP contribution < -0.4 is 14.8 Å². The predicted molar refractivity (Wildman–Crippen MR) is 72.6 cm³/mol. The van der Waals surface area contributed by atoms with Gasteiger partial charge in [0.1, 0.15) is 11.5 Å². The van der Waals surface area contributed by atoms with Crippen LogP contribution in [0.3, 0.4) is 0 Å². The van der Waals surface area contributed by atoms with Gasteiger partial charge in [0.15, 0.2) is 6.79 Å². The van der Waals surface area contributed by atoms with Gasteiger partial charge < -0.3 is 19.5 Å². The summed E-state index contributed by atoms with van der Waals surface area (Å²) in [6, 6.07) is 4.20. The topological polar surface area (TPSA) is 39.7 Å². The number of rotatable bonds is 3. The smallest absolute Gasteiger partial charge is 0.189 e. The van der Waals surface area contributed by atoms with Crippen LogP contribution in [-0.4, -0.2) is 27.0 Å². The molecule has 2 aliphatic heterocycles. The molecule has 4 heteroatoms. The molecule has 2 aliphatic rings. The van der Waals surface area contributed by atoms with Gasteiger partial charge in [-0.2, -0.15) is 0 Å². The van der Waals surface area contributed by atoms with Crippen molar-refractivity contribution in [1.82, 2.24) is 5.32 Å². The number of fused-ring (bicyclic) bond motifs is 1. The van der Waals surface area contributed by atoms with E-state index in [0.717, 1.165) is 42.5 Å². The molecule has 19 heavy (non-hydrogen) atoms. The van der Waals surface area contributed by atoms with E-state index in [0.29, 0.717) is 13.4 Å². The minimum Gasteiger partial charge on any atom is -0.496 e. The molecule has 1 N–H and O–H groups in total. The molecule has 0 atom stereocenters. The Bertz CT molecular complexity index is 441. The van der Waals surface area contributed by atoms with Crippen LogP contribution in [0.2, 0.25) is 0 Å². The van der Waals surface area contributed by atoms with Crippen molar-refractivity contribution in [3.05, 3.63) is 23.3 Å². The number of hydrogen-bond donors (Lipinski definition) is 1. The van der Waals surface area contributed by atoms with E-state index in [1.165, 1.54) is 18.4 Å². The lowest BCUT2D eigenvalue weighted by atomic mass is 9.90. The fraction of sp³-hybridized carbons (Fsp3) is 0.600. The minimum atomic E-state index is 0.353. The molecule has 1 saturated heterocycles. The summed E-state index contributed by atoms with van der Waals surface area (Å²) in [5, 5.41) is 3.41. The second kappa shape index (κ2) is 5.80. The molecule has 0 spiro atoms. The molecule has 1 aromatic rings. The first-order valence-corrected chi connectivity index (χ1v) is 6.98. The fourth-order valence-electron chi connectivity index (χ4n) is 2.89. The van der Waals surface area contributed by atoms with E-state index in [4.69, 9.17) is 14.2 Å². The molecule has 1 fully saturated rings. The zero-order chi connectivity index (χ0) is 13.1. The first-order valence-electron chi connectivity index (χ1n) is 6.98. The Labute approximate surface area is 114 Å². The van der Waals surface area contributed by atoms with E-state index in [2.05, 4.69) is 17.4 Å². The highest BCUT2D eigenvalue weighted by Gasteiger charge is 2.19. The maximum absolute atomic E-state index is 5.56. The van der Waals surface area contributed by atoms with Crippen molar-refractivity contribution in [1.29, 1.82) is 0 Å². The van der Waals surface area contributed by atoms with Gasteiger partial charge in [-0.3, -0.25) is 0 Å². The zero-order valence-corrected chi connectivity index (χ0v) is 11.4. The molecule has 0 aliphatic carbocycles. The van der Waals surface area contributed by atoms with Gasteiger partial charge in [-0.05, 0) is 56.0 Å². The van der Waals surface area contributed by atoms with Crippen molar-refractivity contribution >= 4 is 0 Å². The van der Waals surface area contributed by atoms with Crippen molar-refractivity contribution in [2.75, 3.05) is 27.0 Å². The highest BCUT2D eigenvalue weighted by atomic mass is 16.7. The number of hydrogen-bond acceptors (Lipinski definition) is 4. The molecule has 2 heterocycles. The minimum absolute atomic E-state index is 0.353. The van der Waals surface area contributed by atoms with Crippen LogP contribution >= 0.6 is 0 Å². The van der Waals surface area contributed by atoms with E-state index in [1.54, 1.807) is 7.11 Å². The summed E-state index contributed by atoms with van der Waals surface area (Å²) in [5.41, 5.74) is 2.34. The van der Waals surface area contributed by atoms with E-state index in [1.807, 2.05) is 0 Å². The standard InChI is InChI=1S/C15H21NO3/c1-17-14-8-13-9-18-10-19-15(13)7-12(14)6-11-2-4-16-5-3-11/h7-8,11,16H,2-6,9-10H2,1H3. The summed E-state index contributed by atoms with van der Waals surface area (Å²) in [4.78, 5) is 0. The number of ether oxygens (including phenoxy) is 3. The number of nitrogens with one attached hydrogen (secondary N) is 1. The second-order valence-corrected chi connectivity index (χ2v) is 5.28. The molecule has 3 rings (SSSR count). The SMILES string of the molecule is COc1cc2c(cc1CC1CCNCC1)OCOC2. The third-order valence-corrected chi connectivity index (χ3v) is 3.99. The molecular formula is C15H21NO3. The molecular weight excluding hydrogens is 242 g/mol. The molecule has 0 unspecified atom stereocenters. The van der Waals surface area contributed by atoms with E-state index < -0.39 is 0 Å². The maximum atomic E-state index is 5.56. The monoisotopic (exact) mass is 263 g/mol. The fourth-order valence-corrected chi connectivity index (χ4v) is 2.89. The van der Waals surface area contributed by atoms with Gasteiger partial charge in [-0.1, -0.05) is 0 Å². The molecule has 0 radical (unpaired) electrons. The van der Waals surface area contributed by atoms with E-state index >= 15 is 0 Å². The third kappa shape index (κ3) is 2.85. The average Bonchev–Trinajstić information content (AvgIpc) is 2.47. The normalized spacial score (nSPS) is 19.6. The molecule has 4 nitrogen and oxygen atoms in total. The molecule has 0 amide bonds. The Kier molecular flexibility index (Phi) is 3.89. The summed E-state index contributed by atoms with van der Waals surface area (Å²) >= 11 is 0. The van der Waals surface area contributed by atoms with Crippen LogP contribution in [0.5, 0.6) is 11.5 Å². The summed E-state index contributed by atoms with van der Waals surface area (Å²) in [7, 11) is 1.73. The average molecular weight is 263 g/mol. The zero-order valence-electron chi connectivity index (χ0n) is 11.4. The van der Waals surface area contributed by atoms with Crippen LogP contribution in [0.15, 0.2) is 12.1 Å². The largest absolute Gasteiger partial charge is 0.496 e. The van der Waals surface area contributed by atoms with Crippen molar-refractivity contribution in [2.24, 2.45) is 5.92 Å². The van der Waals surface area contributed by atoms with Gasteiger partial charge in [-0.15, -0.1) is 0 Å². The number of methoxy groups -OCH3 is 1. The quantitative estimate of drug-likeness (QED) is 0.906. The van der Waals surface area contributed by atoms with Gasteiger partial charge >= 0.3 is 0 Å². The van der Waals surface area contributed by atoms with Gasteiger partial charge in [-0.25, -0.2) is 0 Å². The van der Waals surface area contributed by atoms with Gasteiger partial charge in [0, 0.05) is 5.56 Å².